The molecule has 0 aromatic heterocycles. The lowest BCUT2D eigenvalue weighted by molar-refractivity contribution is 0.161. The fraction of sp³-hybridized carbons (Fsp3) is 0.476. The molecule has 1 N–H and O–H groups in total. The molecule has 1 saturated carbocycles. The Bertz CT molecular complexity index is 745. The second-order valence-corrected chi connectivity index (χ2v) is 7.35. The van der Waals surface area contributed by atoms with Crippen molar-refractivity contribution in [2.24, 2.45) is 5.92 Å². The van der Waals surface area contributed by atoms with E-state index in [2.05, 4.69) is 48.6 Å². The molecule has 4 heteroatoms. The highest BCUT2D eigenvalue weighted by Gasteiger charge is 2.35. The van der Waals surface area contributed by atoms with Gasteiger partial charge < -0.3 is 15.0 Å². The Hall–Kier alpha value is -2.07. The highest BCUT2D eigenvalue weighted by molar-refractivity contribution is 5.86. The zero-order valence-electron chi connectivity index (χ0n) is 14.8. The Kier molecular flexibility index (Phi) is 4.62. The van der Waals surface area contributed by atoms with Crippen molar-refractivity contribution in [3.05, 3.63) is 48.0 Å². The number of hydrogen-bond donors (Lipinski definition) is 1. The summed E-state index contributed by atoms with van der Waals surface area (Å²) in [6.45, 7) is 4.51. The fourth-order valence-electron chi connectivity index (χ4n) is 3.76. The smallest absolute Gasteiger partial charge is 0.318 e. The van der Waals surface area contributed by atoms with E-state index in [0.717, 1.165) is 39.0 Å². The molecule has 2 amide bonds. The van der Waals surface area contributed by atoms with Crippen molar-refractivity contribution < 1.29 is 9.53 Å². The number of hydrogen-bond acceptors (Lipinski definition) is 2. The Balaban J connectivity index is 1.48. The van der Waals surface area contributed by atoms with Gasteiger partial charge in [-0.1, -0.05) is 42.5 Å². The molecule has 132 valence electrons. The molecule has 2 unspecified atom stereocenters. The highest BCUT2D eigenvalue weighted by atomic mass is 16.5. The number of urea groups is 1. The van der Waals surface area contributed by atoms with E-state index in [-0.39, 0.29) is 12.1 Å². The minimum atomic E-state index is -0.0142. The van der Waals surface area contributed by atoms with Crippen LogP contribution in [0.3, 0.4) is 0 Å². The molecule has 2 atom stereocenters. The molecule has 2 aromatic carbocycles. The van der Waals surface area contributed by atoms with Gasteiger partial charge in [-0.15, -0.1) is 0 Å². The van der Waals surface area contributed by atoms with Gasteiger partial charge in [0.1, 0.15) is 0 Å². The molecular weight excluding hydrogens is 312 g/mol. The summed E-state index contributed by atoms with van der Waals surface area (Å²) in [5.41, 5.74) is 1.17. The van der Waals surface area contributed by atoms with Crippen LogP contribution in [0.2, 0.25) is 0 Å². The van der Waals surface area contributed by atoms with Gasteiger partial charge in [0.25, 0.3) is 0 Å². The Morgan fingerprint density at radius 1 is 1.20 bits per heavy atom. The summed E-state index contributed by atoms with van der Waals surface area (Å²) in [6.07, 6.45) is 3.32. The van der Waals surface area contributed by atoms with Crippen molar-refractivity contribution >= 4 is 16.8 Å². The first-order valence-electron chi connectivity index (χ1n) is 9.35. The maximum absolute atomic E-state index is 12.9. The molecule has 4 rings (SSSR count). The van der Waals surface area contributed by atoms with Crippen molar-refractivity contribution in [3.8, 4) is 0 Å². The van der Waals surface area contributed by atoms with Gasteiger partial charge in [0.05, 0.1) is 12.6 Å². The Morgan fingerprint density at radius 3 is 2.76 bits per heavy atom. The lowest BCUT2D eigenvalue weighted by atomic mass is 10.00. The topological polar surface area (TPSA) is 41.6 Å². The standard InChI is InChI=1S/C21H26N2O2/c1-15(19-8-4-6-17-5-2-3-7-20(17)19)22-21(24)23(18-9-10-18)13-16-11-12-25-14-16/h2-8,15-16,18H,9-14H2,1H3,(H,22,24). The van der Waals surface area contributed by atoms with Crippen molar-refractivity contribution in [3.63, 3.8) is 0 Å². The summed E-state index contributed by atoms with van der Waals surface area (Å²) in [7, 11) is 0. The van der Waals surface area contributed by atoms with Gasteiger partial charge in [-0.2, -0.15) is 0 Å². The summed E-state index contributed by atoms with van der Waals surface area (Å²) in [6, 6.07) is 15.1. The average Bonchev–Trinajstić information content (AvgIpc) is 3.34. The monoisotopic (exact) mass is 338 g/mol. The van der Waals surface area contributed by atoms with E-state index in [1.807, 2.05) is 11.0 Å². The third kappa shape index (κ3) is 3.64. The molecule has 1 saturated heterocycles. The van der Waals surface area contributed by atoms with Crippen LogP contribution >= 0.6 is 0 Å². The first-order valence-corrected chi connectivity index (χ1v) is 9.35. The highest BCUT2D eigenvalue weighted by Crippen LogP contribution is 2.30. The Morgan fingerprint density at radius 2 is 2.00 bits per heavy atom. The summed E-state index contributed by atoms with van der Waals surface area (Å²) in [5, 5.41) is 5.65. The summed E-state index contributed by atoms with van der Waals surface area (Å²) in [4.78, 5) is 14.9. The lowest BCUT2D eigenvalue weighted by Gasteiger charge is -2.27. The Labute approximate surface area is 149 Å². The zero-order valence-corrected chi connectivity index (χ0v) is 14.8. The van der Waals surface area contributed by atoms with E-state index < -0.39 is 0 Å². The van der Waals surface area contributed by atoms with Crippen LogP contribution in [0.5, 0.6) is 0 Å². The quantitative estimate of drug-likeness (QED) is 0.891. The third-order valence-electron chi connectivity index (χ3n) is 5.36. The molecule has 1 aliphatic carbocycles. The molecule has 2 aliphatic rings. The van der Waals surface area contributed by atoms with E-state index in [4.69, 9.17) is 4.74 Å². The van der Waals surface area contributed by atoms with Crippen LogP contribution in [-0.2, 0) is 4.74 Å². The van der Waals surface area contributed by atoms with Gasteiger partial charge in [0.15, 0.2) is 0 Å². The molecule has 2 fully saturated rings. The van der Waals surface area contributed by atoms with E-state index >= 15 is 0 Å². The molecule has 2 aromatic rings. The van der Waals surface area contributed by atoms with Gasteiger partial charge in [0.2, 0.25) is 0 Å². The predicted octanol–water partition coefficient (Wildman–Crippen LogP) is 4.11. The second-order valence-electron chi connectivity index (χ2n) is 7.35. The number of rotatable bonds is 5. The summed E-state index contributed by atoms with van der Waals surface area (Å²) in [5.74, 6) is 0.485. The van der Waals surface area contributed by atoms with Crippen LogP contribution in [0.4, 0.5) is 4.79 Å². The van der Waals surface area contributed by atoms with Crippen LogP contribution in [0.1, 0.15) is 37.8 Å². The molecular formula is C21H26N2O2. The zero-order chi connectivity index (χ0) is 17.2. The number of benzene rings is 2. The normalized spacial score (nSPS) is 21.2. The van der Waals surface area contributed by atoms with Gasteiger partial charge in [-0.05, 0) is 42.5 Å². The SMILES string of the molecule is CC(NC(=O)N(CC1CCOC1)C1CC1)c1cccc2ccccc12. The van der Waals surface area contributed by atoms with E-state index in [0.29, 0.717) is 12.0 Å². The minimum absolute atomic E-state index is 0.0142. The first kappa shape index (κ1) is 16.4. The van der Waals surface area contributed by atoms with Crippen LogP contribution in [-0.4, -0.2) is 36.7 Å². The molecule has 0 spiro atoms. The van der Waals surface area contributed by atoms with Gasteiger partial charge in [-0.3, -0.25) is 0 Å². The molecule has 0 radical (unpaired) electrons. The number of amides is 2. The van der Waals surface area contributed by atoms with Crippen LogP contribution < -0.4 is 5.32 Å². The number of carbonyl (C=O) groups is 1. The molecule has 4 nitrogen and oxygen atoms in total. The maximum atomic E-state index is 12.9. The molecule has 1 aliphatic heterocycles. The third-order valence-corrected chi connectivity index (χ3v) is 5.36. The first-order chi connectivity index (χ1) is 12.2. The van der Waals surface area contributed by atoms with E-state index in [1.54, 1.807) is 0 Å². The second kappa shape index (κ2) is 7.04. The van der Waals surface area contributed by atoms with Gasteiger partial charge in [0, 0.05) is 25.1 Å². The summed E-state index contributed by atoms with van der Waals surface area (Å²) < 4.78 is 5.48. The molecule has 1 heterocycles. The number of nitrogens with one attached hydrogen (secondary N) is 1. The van der Waals surface area contributed by atoms with Crippen LogP contribution in [0.15, 0.2) is 42.5 Å². The van der Waals surface area contributed by atoms with Crippen LogP contribution in [0.25, 0.3) is 10.8 Å². The fourth-order valence-corrected chi connectivity index (χ4v) is 3.76. The van der Waals surface area contributed by atoms with Crippen molar-refractivity contribution in [1.29, 1.82) is 0 Å². The number of nitrogens with zero attached hydrogens (tertiary/aromatic N) is 1. The largest absolute Gasteiger partial charge is 0.381 e. The van der Waals surface area contributed by atoms with Crippen molar-refractivity contribution in [2.45, 2.75) is 38.3 Å². The van der Waals surface area contributed by atoms with E-state index in [9.17, 15) is 4.79 Å². The maximum Gasteiger partial charge on any atom is 0.318 e. The molecule has 25 heavy (non-hydrogen) atoms. The summed E-state index contributed by atoms with van der Waals surface area (Å²) >= 11 is 0. The minimum Gasteiger partial charge on any atom is -0.381 e. The van der Waals surface area contributed by atoms with Gasteiger partial charge >= 0.3 is 6.03 Å². The molecule has 0 bridgehead atoms. The lowest BCUT2D eigenvalue weighted by Crippen LogP contribution is -2.44. The average molecular weight is 338 g/mol. The van der Waals surface area contributed by atoms with Crippen LogP contribution in [0, 0.1) is 5.92 Å². The van der Waals surface area contributed by atoms with E-state index in [1.165, 1.54) is 16.3 Å². The van der Waals surface area contributed by atoms with Crippen molar-refractivity contribution in [2.75, 3.05) is 19.8 Å². The number of fused-ring (bicyclic) bond motifs is 1. The van der Waals surface area contributed by atoms with Gasteiger partial charge in [-0.25, -0.2) is 4.79 Å². The van der Waals surface area contributed by atoms with Crippen molar-refractivity contribution in [1.82, 2.24) is 10.2 Å². The number of carbonyl (C=O) groups excluding carboxylic acids is 1. The number of ether oxygens (including phenoxy) is 1. The predicted molar refractivity (Wildman–Crippen MR) is 99.5 cm³/mol.